The molecule has 0 spiro atoms. The van der Waals surface area contributed by atoms with Gasteiger partial charge in [-0.15, -0.1) is 0 Å². The average Bonchev–Trinajstić information content (AvgIpc) is 2.71. The Hall–Kier alpha value is -1.97. The summed E-state index contributed by atoms with van der Waals surface area (Å²) in [6.07, 6.45) is 2.97. The molecule has 0 radical (unpaired) electrons. The molecule has 2 aromatic rings. The molecular weight excluding hydrogens is 240 g/mol. The molecule has 4 heteroatoms. The Balaban J connectivity index is 0.00000200. The molecule has 19 heavy (non-hydrogen) atoms. The van der Waals surface area contributed by atoms with Gasteiger partial charge in [-0.25, -0.2) is 0 Å². The van der Waals surface area contributed by atoms with E-state index in [2.05, 4.69) is 16.4 Å². The number of amides is 1. The van der Waals surface area contributed by atoms with Crippen molar-refractivity contribution in [2.75, 3.05) is 6.54 Å². The maximum absolute atomic E-state index is 10.9. The van der Waals surface area contributed by atoms with Crippen LogP contribution in [0.2, 0.25) is 0 Å². The molecule has 0 aliphatic carbocycles. The molecule has 1 aromatic carbocycles. The smallest absolute Gasteiger partial charge is 0.216 e. The standard InChI is InChI=1S/C15H20N2O2.2H2/c1-10(2)19-13-4-5-15-14(8-13)12(9-17-15)6-7-16-11(3)18;;/h4-5,8-10,17H,6-7H2,1-3H3,(H,16,18);2*1H. The fourth-order valence-corrected chi connectivity index (χ4v) is 2.08. The lowest BCUT2D eigenvalue weighted by Crippen LogP contribution is -2.22. The van der Waals surface area contributed by atoms with Crippen molar-refractivity contribution >= 4 is 16.8 Å². The summed E-state index contributed by atoms with van der Waals surface area (Å²) >= 11 is 0. The van der Waals surface area contributed by atoms with Crippen LogP contribution < -0.4 is 10.1 Å². The number of carbonyl (C=O) groups is 1. The summed E-state index contributed by atoms with van der Waals surface area (Å²) in [5, 5.41) is 3.97. The third kappa shape index (κ3) is 3.50. The topological polar surface area (TPSA) is 54.1 Å². The number of hydrogen-bond donors (Lipinski definition) is 2. The Labute approximate surface area is 116 Å². The van der Waals surface area contributed by atoms with Crippen LogP contribution in [0.4, 0.5) is 0 Å². The highest BCUT2D eigenvalue weighted by molar-refractivity contribution is 5.84. The minimum atomic E-state index is 0. The number of ether oxygens (including phenoxy) is 1. The van der Waals surface area contributed by atoms with Crippen molar-refractivity contribution in [2.24, 2.45) is 0 Å². The van der Waals surface area contributed by atoms with E-state index in [4.69, 9.17) is 4.74 Å². The van der Waals surface area contributed by atoms with Gasteiger partial charge in [-0.05, 0) is 44.0 Å². The monoisotopic (exact) mass is 264 g/mol. The van der Waals surface area contributed by atoms with Crippen LogP contribution in [-0.2, 0) is 11.2 Å². The molecule has 0 saturated heterocycles. The number of hydrogen-bond acceptors (Lipinski definition) is 2. The van der Waals surface area contributed by atoms with Crippen LogP contribution in [0.1, 0.15) is 29.2 Å². The highest BCUT2D eigenvalue weighted by Crippen LogP contribution is 2.24. The molecule has 0 saturated carbocycles. The molecule has 1 heterocycles. The van der Waals surface area contributed by atoms with Gasteiger partial charge in [0.05, 0.1) is 6.10 Å². The second kappa shape index (κ2) is 5.78. The number of nitrogens with one attached hydrogen (secondary N) is 2. The summed E-state index contributed by atoms with van der Waals surface area (Å²) < 4.78 is 5.71. The van der Waals surface area contributed by atoms with Gasteiger partial charge in [0.25, 0.3) is 0 Å². The van der Waals surface area contributed by atoms with Gasteiger partial charge in [0.2, 0.25) is 5.91 Å². The van der Waals surface area contributed by atoms with Gasteiger partial charge in [0.1, 0.15) is 5.75 Å². The number of aromatic nitrogens is 1. The normalized spacial score (nSPS) is 10.9. The zero-order chi connectivity index (χ0) is 13.8. The van der Waals surface area contributed by atoms with Crippen molar-refractivity contribution < 1.29 is 12.4 Å². The second-order valence-electron chi connectivity index (χ2n) is 4.92. The minimum Gasteiger partial charge on any atom is -0.491 e. The Morgan fingerprint density at radius 2 is 2.26 bits per heavy atom. The first kappa shape index (κ1) is 13.5. The van der Waals surface area contributed by atoms with Gasteiger partial charge in [0.15, 0.2) is 0 Å². The van der Waals surface area contributed by atoms with Gasteiger partial charge in [-0.2, -0.15) is 0 Å². The van der Waals surface area contributed by atoms with E-state index in [0.717, 1.165) is 23.1 Å². The van der Waals surface area contributed by atoms with E-state index in [0.29, 0.717) is 6.54 Å². The van der Waals surface area contributed by atoms with Crippen LogP contribution in [-0.4, -0.2) is 23.5 Å². The molecule has 0 unspecified atom stereocenters. The van der Waals surface area contributed by atoms with E-state index in [1.807, 2.05) is 32.2 Å². The van der Waals surface area contributed by atoms with Crippen LogP contribution >= 0.6 is 0 Å². The average molecular weight is 264 g/mol. The number of benzene rings is 1. The maximum Gasteiger partial charge on any atom is 0.216 e. The fraction of sp³-hybridized carbons (Fsp3) is 0.400. The van der Waals surface area contributed by atoms with Crippen LogP contribution in [0.25, 0.3) is 10.9 Å². The first-order chi connectivity index (χ1) is 9.06. The predicted octanol–water partition coefficient (Wildman–Crippen LogP) is 3.13. The lowest BCUT2D eigenvalue weighted by Gasteiger charge is -2.09. The van der Waals surface area contributed by atoms with Gasteiger partial charge in [-0.1, -0.05) is 0 Å². The Bertz CT molecular complexity index is 582. The van der Waals surface area contributed by atoms with E-state index in [9.17, 15) is 4.79 Å². The first-order valence-electron chi connectivity index (χ1n) is 6.57. The summed E-state index contributed by atoms with van der Waals surface area (Å²) in [7, 11) is 0. The van der Waals surface area contributed by atoms with E-state index < -0.39 is 0 Å². The Morgan fingerprint density at radius 3 is 2.95 bits per heavy atom. The maximum atomic E-state index is 10.9. The number of fused-ring (bicyclic) bond motifs is 1. The zero-order valence-electron chi connectivity index (χ0n) is 11.6. The molecule has 1 aromatic heterocycles. The summed E-state index contributed by atoms with van der Waals surface area (Å²) in [5.41, 5.74) is 2.28. The molecule has 0 atom stereocenters. The SMILES string of the molecule is CC(=O)NCCc1c[nH]c2ccc(OC(C)C)cc12.[HH].[HH]. The third-order valence-electron chi connectivity index (χ3n) is 2.88. The zero-order valence-corrected chi connectivity index (χ0v) is 11.6. The molecular formula is C15H24N2O2. The molecule has 2 rings (SSSR count). The largest absolute Gasteiger partial charge is 0.491 e. The van der Waals surface area contributed by atoms with Crippen molar-refractivity contribution in [1.29, 1.82) is 0 Å². The molecule has 0 fully saturated rings. The summed E-state index contributed by atoms with van der Waals surface area (Å²) in [5.74, 6) is 0.881. The predicted molar refractivity (Wildman–Crippen MR) is 80.7 cm³/mol. The summed E-state index contributed by atoms with van der Waals surface area (Å²) in [6.45, 7) is 6.21. The lowest BCUT2D eigenvalue weighted by atomic mass is 10.1. The third-order valence-corrected chi connectivity index (χ3v) is 2.88. The molecule has 0 bridgehead atoms. The van der Waals surface area contributed by atoms with Crippen molar-refractivity contribution in [3.05, 3.63) is 30.0 Å². The minimum absolute atomic E-state index is 0. The van der Waals surface area contributed by atoms with Gasteiger partial charge in [0, 0.05) is 33.4 Å². The summed E-state index contributed by atoms with van der Waals surface area (Å²) in [6, 6.07) is 6.04. The Morgan fingerprint density at radius 1 is 1.47 bits per heavy atom. The van der Waals surface area contributed by atoms with Crippen molar-refractivity contribution in [3.8, 4) is 5.75 Å². The molecule has 106 valence electrons. The van der Waals surface area contributed by atoms with Gasteiger partial charge in [-0.3, -0.25) is 4.79 Å². The first-order valence-corrected chi connectivity index (χ1v) is 6.57. The molecule has 0 aliphatic rings. The highest BCUT2D eigenvalue weighted by atomic mass is 16.5. The van der Waals surface area contributed by atoms with E-state index in [-0.39, 0.29) is 14.9 Å². The van der Waals surface area contributed by atoms with Crippen LogP contribution in [0, 0.1) is 0 Å². The van der Waals surface area contributed by atoms with E-state index in [1.165, 1.54) is 12.5 Å². The van der Waals surface area contributed by atoms with Crippen molar-refractivity contribution in [1.82, 2.24) is 10.3 Å². The fourth-order valence-electron chi connectivity index (χ4n) is 2.08. The highest BCUT2D eigenvalue weighted by Gasteiger charge is 2.06. The number of rotatable bonds is 5. The van der Waals surface area contributed by atoms with Gasteiger partial charge >= 0.3 is 0 Å². The molecule has 2 N–H and O–H groups in total. The molecule has 0 aliphatic heterocycles. The second-order valence-corrected chi connectivity index (χ2v) is 4.92. The number of carbonyl (C=O) groups excluding carboxylic acids is 1. The number of H-pyrrole nitrogens is 1. The van der Waals surface area contributed by atoms with Crippen LogP contribution in [0.3, 0.4) is 0 Å². The van der Waals surface area contributed by atoms with Crippen LogP contribution in [0.5, 0.6) is 5.75 Å². The molecule has 1 amide bonds. The van der Waals surface area contributed by atoms with E-state index in [1.54, 1.807) is 0 Å². The van der Waals surface area contributed by atoms with Gasteiger partial charge < -0.3 is 15.0 Å². The van der Waals surface area contributed by atoms with Crippen molar-refractivity contribution in [3.63, 3.8) is 0 Å². The summed E-state index contributed by atoms with van der Waals surface area (Å²) in [4.78, 5) is 14.1. The van der Waals surface area contributed by atoms with Crippen LogP contribution in [0.15, 0.2) is 24.4 Å². The Kier molecular flexibility index (Phi) is 4.10. The van der Waals surface area contributed by atoms with E-state index >= 15 is 0 Å². The number of aromatic amines is 1. The molecule has 4 nitrogen and oxygen atoms in total. The quantitative estimate of drug-likeness (QED) is 0.871. The lowest BCUT2D eigenvalue weighted by molar-refractivity contribution is -0.118. The van der Waals surface area contributed by atoms with Crippen molar-refractivity contribution in [2.45, 2.75) is 33.3 Å².